The molecule has 3 amide bonds. The maximum Gasteiger partial charge on any atom is 0.323 e. The third-order valence-corrected chi connectivity index (χ3v) is 3.05. The van der Waals surface area contributed by atoms with Crippen LogP contribution in [0.5, 0.6) is 0 Å². The summed E-state index contributed by atoms with van der Waals surface area (Å²) in [6.45, 7) is 3.72. The molecule has 1 aromatic carbocycles. The second-order valence-electron chi connectivity index (χ2n) is 4.83. The zero-order valence-corrected chi connectivity index (χ0v) is 12.6. The number of rotatable bonds is 4. The number of nitrogen functional groups attached to an aromatic ring is 1. The number of anilines is 2. The van der Waals surface area contributed by atoms with E-state index in [-0.39, 0.29) is 0 Å². The number of carbonyl (C=O) groups excluding carboxylic acids is 3. The number of imide groups is 1. The Hall–Kier alpha value is -2.37. The van der Waals surface area contributed by atoms with Crippen LogP contribution in [0.25, 0.3) is 0 Å². The molecule has 114 valence electrons. The lowest BCUT2D eigenvalue weighted by Crippen LogP contribution is -2.46. The third kappa shape index (κ3) is 4.30. The highest BCUT2D eigenvalue weighted by molar-refractivity contribution is 6.45. The highest BCUT2D eigenvalue weighted by atomic mass is 16.2. The van der Waals surface area contributed by atoms with Gasteiger partial charge in [0, 0.05) is 26.2 Å². The normalized spacial score (nSPS) is 10.0. The Bertz CT molecular complexity index is 525. The van der Waals surface area contributed by atoms with Crippen LogP contribution in [0.15, 0.2) is 24.3 Å². The Morgan fingerprint density at radius 2 is 1.67 bits per heavy atom. The molecule has 2 N–H and O–H groups in total. The Labute approximate surface area is 124 Å². The summed E-state index contributed by atoms with van der Waals surface area (Å²) in [5.74, 6) is -2.07. The molecule has 0 saturated heterocycles. The van der Waals surface area contributed by atoms with Gasteiger partial charge in [-0.25, -0.2) is 4.90 Å². The fraction of sp³-hybridized carbons (Fsp3) is 0.400. The van der Waals surface area contributed by atoms with Crippen molar-refractivity contribution in [1.82, 2.24) is 4.90 Å². The van der Waals surface area contributed by atoms with Crippen molar-refractivity contribution >= 4 is 29.1 Å². The molecule has 0 aliphatic heterocycles. The van der Waals surface area contributed by atoms with Crippen molar-refractivity contribution in [3.63, 3.8) is 0 Å². The lowest BCUT2D eigenvalue weighted by atomic mass is 10.2. The van der Waals surface area contributed by atoms with E-state index in [1.807, 2.05) is 6.92 Å². The quantitative estimate of drug-likeness (QED) is 0.671. The standard InChI is InChI=1S/C15H21N3O3/c1-4-5-10-17(3)14(20)15(21)18(11(2)19)13-8-6-12(16)7-9-13/h6-9H,4-5,10,16H2,1-3H3. The van der Waals surface area contributed by atoms with E-state index >= 15 is 0 Å². The minimum Gasteiger partial charge on any atom is -0.399 e. The van der Waals surface area contributed by atoms with Gasteiger partial charge in [0.1, 0.15) is 0 Å². The van der Waals surface area contributed by atoms with Crippen molar-refractivity contribution in [3.05, 3.63) is 24.3 Å². The average molecular weight is 291 g/mol. The van der Waals surface area contributed by atoms with Gasteiger partial charge in [-0.15, -0.1) is 0 Å². The number of nitrogens with zero attached hydrogens (tertiary/aromatic N) is 2. The summed E-state index contributed by atoms with van der Waals surface area (Å²) in [5.41, 5.74) is 6.43. The van der Waals surface area contributed by atoms with Gasteiger partial charge >= 0.3 is 11.8 Å². The van der Waals surface area contributed by atoms with E-state index < -0.39 is 17.7 Å². The topological polar surface area (TPSA) is 83.7 Å². The first-order valence-electron chi connectivity index (χ1n) is 6.84. The van der Waals surface area contributed by atoms with Gasteiger partial charge in [-0.05, 0) is 30.7 Å². The Kier molecular flexibility index (Phi) is 5.90. The van der Waals surface area contributed by atoms with Gasteiger partial charge in [0.05, 0.1) is 5.69 Å². The van der Waals surface area contributed by atoms with Gasteiger partial charge in [-0.2, -0.15) is 0 Å². The third-order valence-electron chi connectivity index (χ3n) is 3.05. The number of likely N-dealkylation sites (N-methyl/N-ethyl adjacent to an activating group) is 1. The van der Waals surface area contributed by atoms with E-state index in [1.165, 1.54) is 24.0 Å². The number of carbonyl (C=O) groups is 3. The molecule has 0 spiro atoms. The highest BCUT2D eigenvalue weighted by Gasteiger charge is 2.28. The van der Waals surface area contributed by atoms with Crippen molar-refractivity contribution in [1.29, 1.82) is 0 Å². The van der Waals surface area contributed by atoms with Crippen LogP contribution in [0.4, 0.5) is 11.4 Å². The molecule has 1 aromatic rings. The largest absolute Gasteiger partial charge is 0.399 e. The molecule has 0 radical (unpaired) electrons. The lowest BCUT2D eigenvalue weighted by Gasteiger charge is -2.22. The predicted molar refractivity (Wildman–Crippen MR) is 81.6 cm³/mol. The minimum atomic E-state index is -0.856. The summed E-state index contributed by atoms with van der Waals surface area (Å²) in [6.07, 6.45) is 1.72. The summed E-state index contributed by atoms with van der Waals surface area (Å²) in [6, 6.07) is 6.22. The zero-order valence-electron chi connectivity index (χ0n) is 12.6. The molecular weight excluding hydrogens is 270 g/mol. The van der Waals surface area contributed by atoms with Gasteiger partial charge in [0.2, 0.25) is 5.91 Å². The Balaban J connectivity index is 2.95. The number of benzene rings is 1. The van der Waals surface area contributed by atoms with Crippen LogP contribution >= 0.6 is 0 Å². The molecule has 6 heteroatoms. The van der Waals surface area contributed by atoms with Gasteiger partial charge in [-0.1, -0.05) is 13.3 Å². The van der Waals surface area contributed by atoms with E-state index in [4.69, 9.17) is 5.73 Å². The van der Waals surface area contributed by atoms with Crippen LogP contribution in [-0.4, -0.2) is 36.2 Å². The van der Waals surface area contributed by atoms with Crippen LogP contribution in [0, 0.1) is 0 Å². The highest BCUT2D eigenvalue weighted by Crippen LogP contribution is 2.17. The predicted octanol–water partition coefficient (Wildman–Crippen LogP) is 1.41. The first-order valence-corrected chi connectivity index (χ1v) is 6.84. The maximum atomic E-state index is 12.3. The number of hydrogen-bond acceptors (Lipinski definition) is 4. The van der Waals surface area contributed by atoms with Crippen molar-refractivity contribution in [2.24, 2.45) is 0 Å². The van der Waals surface area contributed by atoms with E-state index in [1.54, 1.807) is 19.2 Å². The molecule has 0 bridgehead atoms. The van der Waals surface area contributed by atoms with Gasteiger partial charge in [0.15, 0.2) is 0 Å². The zero-order chi connectivity index (χ0) is 16.0. The molecular formula is C15H21N3O3. The molecule has 0 fully saturated rings. The SMILES string of the molecule is CCCCN(C)C(=O)C(=O)N(C(C)=O)c1ccc(N)cc1. The summed E-state index contributed by atoms with van der Waals surface area (Å²) < 4.78 is 0. The smallest absolute Gasteiger partial charge is 0.323 e. The van der Waals surface area contributed by atoms with E-state index in [0.717, 1.165) is 17.7 Å². The van der Waals surface area contributed by atoms with Crippen LogP contribution in [-0.2, 0) is 14.4 Å². The van der Waals surface area contributed by atoms with Crippen molar-refractivity contribution in [3.8, 4) is 0 Å². The van der Waals surface area contributed by atoms with Gasteiger partial charge < -0.3 is 10.6 Å². The first-order chi connectivity index (χ1) is 9.88. The molecule has 1 rings (SSSR count). The minimum absolute atomic E-state index is 0.332. The number of unbranched alkanes of at least 4 members (excludes halogenated alkanes) is 1. The van der Waals surface area contributed by atoms with Gasteiger partial charge in [-0.3, -0.25) is 14.4 Å². The lowest BCUT2D eigenvalue weighted by molar-refractivity contribution is -0.144. The maximum absolute atomic E-state index is 12.3. The average Bonchev–Trinajstić information content (AvgIpc) is 2.45. The van der Waals surface area contributed by atoms with E-state index in [2.05, 4.69) is 0 Å². The number of hydrogen-bond donors (Lipinski definition) is 1. The Morgan fingerprint density at radius 1 is 1.10 bits per heavy atom. The van der Waals surface area contributed by atoms with Crippen LogP contribution < -0.4 is 10.6 Å². The van der Waals surface area contributed by atoms with E-state index in [0.29, 0.717) is 17.9 Å². The fourth-order valence-corrected chi connectivity index (χ4v) is 1.82. The number of nitrogens with two attached hydrogens (primary N) is 1. The molecule has 0 aromatic heterocycles. The second kappa shape index (κ2) is 7.42. The van der Waals surface area contributed by atoms with Gasteiger partial charge in [0.25, 0.3) is 0 Å². The fourth-order valence-electron chi connectivity index (χ4n) is 1.82. The number of amides is 3. The van der Waals surface area contributed by atoms with Crippen molar-refractivity contribution in [2.75, 3.05) is 24.2 Å². The summed E-state index contributed by atoms with van der Waals surface area (Å²) in [7, 11) is 1.55. The molecule has 0 atom stereocenters. The molecule has 0 saturated carbocycles. The summed E-state index contributed by atoms with van der Waals surface area (Å²) >= 11 is 0. The van der Waals surface area contributed by atoms with Crippen molar-refractivity contribution in [2.45, 2.75) is 26.7 Å². The van der Waals surface area contributed by atoms with Crippen LogP contribution in [0.1, 0.15) is 26.7 Å². The molecule has 0 unspecified atom stereocenters. The second-order valence-corrected chi connectivity index (χ2v) is 4.83. The van der Waals surface area contributed by atoms with E-state index in [9.17, 15) is 14.4 Å². The molecule has 0 aliphatic carbocycles. The molecule has 21 heavy (non-hydrogen) atoms. The Morgan fingerprint density at radius 3 is 2.14 bits per heavy atom. The van der Waals surface area contributed by atoms with Crippen LogP contribution in [0.2, 0.25) is 0 Å². The summed E-state index contributed by atoms with van der Waals surface area (Å²) in [4.78, 5) is 38.3. The summed E-state index contributed by atoms with van der Waals surface area (Å²) in [5, 5.41) is 0. The van der Waals surface area contributed by atoms with Crippen LogP contribution in [0.3, 0.4) is 0 Å². The molecule has 0 heterocycles. The van der Waals surface area contributed by atoms with Crippen molar-refractivity contribution < 1.29 is 14.4 Å². The monoisotopic (exact) mass is 291 g/mol. The molecule has 6 nitrogen and oxygen atoms in total. The first kappa shape index (κ1) is 16.7. The molecule has 0 aliphatic rings.